The molecule has 0 spiro atoms. The molecule has 0 amide bonds. The van der Waals surface area contributed by atoms with Crippen LogP contribution in [-0.4, -0.2) is 25.1 Å². The van der Waals surface area contributed by atoms with Crippen molar-refractivity contribution >= 4 is 15.9 Å². The van der Waals surface area contributed by atoms with E-state index < -0.39 is 0 Å². The number of rotatable bonds is 3. The second kappa shape index (κ2) is 6.92. The van der Waals surface area contributed by atoms with E-state index in [9.17, 15) is 4.39 Å². The van der Waals surface area contributed by atoms with Crippen molar-refractivity contribution in [2.24, 2.45) is 0 Å². The number of fused-ring (bicyclic) bond motifs is 1. The Morgan fingerprint density at radius 1 is 1.07 bits per heavy atom. The van der Waals surface area contributed by atoms with Crippen LogP contribution in [0.2, 0.25) is 0 Å². The Kier molecular flexibility index (Phi) is 4.25. The van der Waals surface area contributed by atoms with Crippen molar-refractivity contribution < 1.29 is 13.7 Å². The molecule has 2 aromatic heterocycles. The molecular formula is C19H13BrFN5O2. The lowest BCUT2D eigenvalue weighted by molar-refractivity contribution is -0.00120. The molecule has 5 rings (SSSR count). The molecule has 1 aliphatic rings. The first-order valence-corrected chi connectivity index (χ1v) is 9.36. The summed E-state index contributed by atoms with van der Waals surface area (Å²) in [5.41, 5.74) is 3.00. The van der Waals surface area contributed by atoms with E-state index in [0.29, 0.717) is 30.6 Å². The normalized spacial score (nSPS) is 16.1. The van der Waals surface area contributed by atoms with Gasteiger partial charge in [0.2, 0.25) is 5.82 Å². The maximum Gasteiger partial charge on any atom is 0.280 e. The van der Waals surface area contributed by atoms with Crippen LogP contribution in [0.3, 0.4) is 0 Å². The molecule has 7 nitrogen and oxygen atoms in total. The Balaban J connectivity index is 1.41. The number of ether oxygens (including phenoxy) is 1. The molecule has 0 fully saturated rings. The summed E-state index contributed by atoms with van der Waals surface area (Å²) in [5, 5.41) is 12.4. The van der Waals surface area contributed by atoms with E-state index in [0.717, 1.165) is 21.3 Å². The summed E-state index contributed by atoms with van der Waals surface area (Å²) in [6, 6.07) is 13.9. The molecule has 2 aromatic carbocycles. The highest BCUT2D eigenvalue weighted by molar-refractivity contribution is 9.10. The number of halogens is 2. The van der Waals surface area contributed by atoms with Gasteiger partial charge in [-0.05, 0) is 42.0 Å². The first-order valence-electron chi connectivity index (χ1n) is 8.57. The summed E-state index contributed by atoms with van der Waals surface area (Å²) < 4.78 is 27.2. The van der Waals surface area contributed by atoms with Gasteiger partial charge in [0, 0.05) is 10.0 Å². The van der Waals surface area contributed by atoms with Crippen LogP contribution in [0.15, 0.2) is 57.5 Å². The fourth-order valence-corrected chi connectivity index (χ4v) is 3.36. The Labute approximate surface area is 167 Å². The fourth-order valence-electron chi connectivity index (χ4n) is 3.09. The van der Waals surface area contributed by atoms with E-state index in [4.69, 9.17) is 9.26 Å². The maximum absolute atomic E-state index is 13.1. The highest BCUT2D eigenvalue weighted by Gasteiger charge is 2.28. The van der Waals surface area contributed by atoms with Crippen molar-refractivity contribution in [3.8, 4) is 23.0 Å². The highest BCUT2D eigenvalue weighted by Crippen LogP contribution is 2.31. The minimum Gasteiger partial charge on any atom is -0.365 e. The number of benzene rings is 2. The number of hydrogen-bond acceptors (Lipinski definition) is 6. The Bertz CT molecular complexity index is 1120. The highest BCUT2D eigenvalue weighted by atomic mass is 79.9. The van der Waals surface area contributed by atoms with Crippen molar-refractivity contribution in [3.63, 3.8) is 0 Å². The van der Waals surface area contributed by atoms with E-state index in [2.05, 4.69) is 36.4 Å². The third kappa shape index (κ3) is 3.12. The van der Waals surface area contributed by atoms with Gasteiger partial charge in [-0.15, -0.1) is 5.10 Å². The maximum atomic E-state index is 13.1. The third-order valence-electron chi connectivity index (χ3n) is 4.57. The summed E-state index contributed by atoms with van der Waals surface area (Å²) in [6.45, 7) is 0.766. The molecular weight excluding hydrogens is 429 g/mol. The second-order valence-electron chi connectivity index (χ2n) is 6.35. The lowest BCUT2D eigenvalue weighted by Gasteiger charge is -2.24. The van der Waals surface area contributed by atoms with Gasteiger partial charge in [0.05, 0.1) is 18.8 Å². The van der Waals surface area contributed by atoms with Crippen LogP contribution in [0.25, 0.3) is 23.0 Å². The third-order valence-corrected chi connectivity index (χ3v) is 5.10. The van der Waals surface area contributed by atoms with Gasteiger partial charge < -0.3 is 9.26 Å². The standard InChI is InChI=1S/C19H13BrFN5O2/c20-13-5-1-12(2-6-13)18-22-19(28-24-18)17-15-10-27-16(9-26(15)25-23-17)11-3-7-14(21)8-4-11/h1-8,16H,9-10H2. The Morgan fingerprint density at radius 2 is 1.86 bits per heavy atom. The predicted molar refractivity (Wildman–Crippen MR) is 100 cm³/mol. The second-order valence-corrected chi connectivity index (χ2v) is 7.26. The molecule has 1 aliphatic heterocycles. The lowest BCUT2D eigenvalue weighted by atomic mass is 10.1. The SMILES string of the molecule is Fc1ccc(C2Cn3nnc(-c4nc(-c5ccc(Br)cc5)no4)c3CO2)cc1. The average molecular weight is 442 g/mol. The molecule has 1 atom stereocenters. The van der Waals surface area contributed by atoms with Crippen LogP contribution in [0.4, 0.5) is 4.39 Å². The van der Waals surface area contributed by atoms with E-state index in [1.165, 1.54) is 12.1 Å². The summed E-state index contributed by atoms with van der Waals surface area (Å²) in [4.78, 5) is 4.44. The van der Waals surface area contributed by atoms with Crippen molar-refractivity contribution in [2.45, 2.75) is 19.3 Å². The number of aromatic nitrogens is 5. The zero-order valence-electron chi connectivity index (χ0n) is 14.4. The molecule has 140 valence electrons. The van der Waals surface area contributed by atoms with Gasteiger partial charge in [0.15, 0.2) is 5.69 Å². The van der Waals surface area contributed by atoms with E-state index in [-0.39, 0.29) is 11.9 Å². The molecule has 1 unspecified atom stereocenters. The van der Waals surface area contributed by atoms with Crippen LogP contribution < -0.4 is 0 Å². The zero-order chi connectivity index (χ0) is 19.1. The molecule has 0 aliphatic carbocycles. The number of nitrogens with zero attached hydrogens (tertiary/aromatic N) is 5. The largest absolute Gasteiger partial charge is 0.365 e. The predicted octanol–water partition coefficient (Wildman–Crippen LogP) is 4.17. The first kappa shape index (κ1) is 17.2. The van der Waals surface area contributed by atoms with E-state index >= 15 is 0 Å². The Morgan fingerprint density at radius 3 is 2.64 bits per heavy atom. The van der Waals surface area contributed by atoms with E-state index in [1.807, 2.05) is 24.3 Å². The minimum absolute atomic E-state index is 0.219. The fraction of sp³-hybridized carbons (Fsp3) is 0.158. The molecule has 0 radical (unpaired) electrons. The van der Waals surface area contributed by atoms with Crippen molar-refractivity contribution in [1.82, 2.24) is 25.1 Å². The molecule has 9 heteroatoms. The molecule has 0 saturated heterocycles. The smallest absolute Gasteiger partial charge is 0.280 e. The van der Waals surface area contributed by atoms with Crippen LogP contribution in [0.5, 0.6) is 0 Å². The molecule has 0 bridgehead atoms. The van der Waals surface area contributed by atoms with Crippen LogP contribution in [0, 0.1) is 5.82 Å². The summed E-state index contributed by atoms with van der Waals surface area (Å²) in [7, 11) is 0. The molecule has 0 N–H and O–H groups in total. The molecule has 28 heavy (non-hydrogen) atoms. The van der Waals surface area contributed by atoms with Crippen molar-refractivity contribution in [2.75, 3.05) is 0 Å². The zero-order valence-corrected chi connectivity index (χ0v) is 16.0. The van der Waals surface area contributed by atoms with Gasteiger partial charge >= 0.3 is 0 Å². The van der Waals surface area contributed by atoms with E-state index in [1.54, 1.807) is 16.8 Å². The summed E-state index contributed by atoms with van der Waals surface area (Å²) in [5.74, 6) is 0.495. The topological polar surface area (TPSA) is 78.9 Å². The van der Waals surface area contributed by atoms with Gasteiger partial charge in [-0.3, -0.25) is 0 Å². The first-order chi connectivity index (χ1) is 13.7. The van der Waals surface area contributed by atoms with Gasteiger partial charge in [-0.25, -0.2) is 9.07 Å². The lowest BCUT2D eigenvalue weighted by Crippen LogP contribution is -2.22. The van der Waals surface area contributed by atoms with Crippen LogP contribution in [0.1, 0.15) is 17.4 Å². The average Bonchev–Trinajstić information content (AvgIpc) is 3.35. The Hall–Kier alpha value is -2.91. The van der Waals surface area contributed by atoms with Crippen molar-refractivity contribution in [1.29, 1.82) is 0 Å². The molecule has 0 saturated carbocycles. The van der Waals surface area contributed by atoms with Gasteiger partial charge in [-0.1, -0.05) is 38.4 Å². The van der Waals surface area contributed by atoms with Gasteiger partial charge in [-0.2, -0.15) is 4.98 Å². The quantitative estimate of drug-likeness (QED) is 0.474. The monoisotopic (exact) mass is 441 g/mol. The van der Waals surface area contributed by atoms with Crippen LogP contribution >= 0.6 is 15.9 Å². The van der Waals surface area contributed by atoms with Gasteiger partial charge in [0.25, 0.3) is 5.89 Å². The van der Waals surface area contributed by atoms with Gasteiger partial charge in [0.1, 0.15) is 11.9 Å². The minimum atomic E-state index is -0.277. The van der Waals surface area contributed by atoms with Crippen LogP contribution in [-0.2, 0) is 17.9 Å². The molecule has 4 aromatic rings. The summed E-state index contributed by atoms with van der Waals surface area (Å²) in [6.07, 6.45) is -0.219. The summed E-state index contributed by atoms with van der Waals surface area (Å²) >= 11 is 3.40. The van der Waals surface area contributed by atoms with Crippen molar-refractivity contribution in [3.05, 3.63) is 70.1 Å². The number of hydrogen-bond donors (Lipinski definition) is 0. The molecule has 3 heterocycles.